The van der Waals surface area contributed by atoms with Crippen molar-refractivity contribution in [3.63, 3.8) is 0 Å². The summed E-state index contributed by atoms with van der Waals surface area (Å²) in [7, 11) is 0. The molecular weight excluding hydrogens is 711 g/mol. The zero-order chi connectivity index (χ0) is 30.7. The summed E-state index contributed by atoms with van der Waals surface area (Å²) in [4.78, 5) is 16.0. The number of carbonyl (C=O) groups is 1. The van der Waals surface area contributed by atoms with E-state index in [2.05, 4.69) is 77.1 Å². The van der Waals surface area contributed by atoms with Gasteiger partial charge in [-0.05, 0) is 51.9 Å². The van der Waals surface area contributed by atoms with Crippen LogP contribution in [0.4, 0.5) is 0 Å². The average Bonchev–Trinajstić information content (AvgIpc) is 3.30. The molecule has 5 heteroatoms. The molecule has 5 aromatic rings. The number of benzene rings is 3. The summed E-state index contributed by atoms with van der Waals surface area (Å²) in [5.74, 6) is 1.20. The Morgan fingerprint density at radius 3 is 2.23 bits per heavy atom. The minimum absolute atomic E-state index is 0. The number of aliphatic hydroxyl groups excluding tert-OH is 1. The first-order chi connectivity index (χ1) is 19.9. The summed E-state index contributed by atoms with van der Waals surface area (Å²) in [5.41, 5.74) is 7.42. The summed E-state index contributed by atoms with van der Waals surface area (Å²) in [6, 6.07) is 20.8. The summed E-state index contributed by atoms with van der Waals surface area (Å²) in [5, 5.41) is 13.9. The van der Waals surface area contributed by atoms with Crippen LogP contribution in [0.1, 0.15) is 78.0 Å². The summed E-state index contributed by atoms with van der Waals surface area (Å²) in [6.45, 7) is 18.4. The van der Waals surface area contributed by atoms with E-state index in [0.29, 0.717) is 11.8 Å². The molecule has 3 aromatic carbocycles. The maximum absolute atomic E-state index is 11.0. The van der Waals surface area contributed by atoms with Crippen molar-refractivity contribution in [3.8, 4) is 11.3 Å². The Morgan fingerprint density at radius 1 is 0.907 bits per heavy atom. The Balaban J connectivity index is 0.000000363. The van der Waals surface area contributed by atoms with E-state index < -0.39 is 0 Å². The molecule has 0 fully saturated rings. The van der Waals surface area contributed by atoms with Crippen molar-refractivity contribution >= 4 is 38.5 Å². The van der Waals surface area contributed by atoms with Crippen molar-refractivity contribution in [3.05, 3.63) is 89.3 Å². The predicted octanol–water partition coefficient (Wildman–Crippen LogP) is 10.5. The number of para-hydroxylation sites is 1. The van der Waals surface area contributed by atoms with Crippen molar-refractivity contribution in [1.82, 2.24) is 4.98 Å². The molecular formula is C38H44IrNO3-. The molecule has 0 saturated carbocycles. The molecule has 0 spiro atoms. The van der Waals surface area contributed by atoms with Crippen molar-refractivity contribution in [2.45, 2.75) is 74.7 Å². The second kappa shape index (κ2) is 14.5. The van der Waals surface area contributed by atoms with E-state index in [0.717, 1.165) is 45.2 Å². The van der Waals surface area contributed by atoms with Crippen LogP contribution in [-0.2, 0) is 31.3 Å². The third-order valence-corrected chi connectivity index (χ3v) is 7.48. The number of pyridine rings is 1. The third-order valence-electron chi connectivity index (χ3n) is 7.48. The van der Waals surface area contributed by atoms with Crippen LogP contribution in [0.5, 0.6) is 0 Å². The number of hydrogen-bond donors (Lipinski definition) is 1. The number of aromatic nitrogens is 1. The third kappa shape index (κ3) is 7.82. The van der Waals surface area contributed by atoms with Gasteiger partial charge in [-0.25, -0.2) is 0 Å². The number of rotatable bonds is 7. The molecule has 0 unspecified atom stereocenters. The zero-order valence-corrected chi connectivity index (χ0v) is 29.2. The molecule has 0 saturated heterocycles. The monoisotopic (exact) mass is 755 g/mol. The number of carbonyl (C=O) groups excluding carboxylic acids is 1. The van der Waals surface area contributed by atoms with E-state index in [-0.39, 0.29) is 43.5 Å². The Bertz CT molecular complexity index is 1760. The van der Waals surface area contributed by atoms with Crippen LogP contribution >= 0.6 is 0 Å². The quantitative estimate of drug-likeness (QED) is 0.102. The summed E-state index contributed by atoms with van der Waals surface area (Å²) < 4.78 is 6.32. The number of hydrogen-bond acceptors (Lipinski definition) is 4. The average molecular weight is 755 g/mol. The van der Waals surface area contributed by atoms with Crippen molar-refractivity contribution < 1.29 is 34.4 Å². The molecule has 2 heterocycles. The molecule has 0 aliphatic carbocycles. The van der Waals surface area contributed by atoms with Crippen molar-refractivity contribution in [1.29, 1.82) is 0 Å². The van der Waals surface area contributed by atoms with Gasteiger partial charge in [0.25, 0.3) is 0 Å². The SMILES string of the molecule is CC(C)C(=O)/C=C(\O)C(C)C.Cc1[c-]c(-c2ncc(C(C)C)c3cc(CC(C)C)ccc23)c2oc3ccccc3c2c1.[Ir]. The number of allylic oxidation sites excluding steroid dienone is 2. The van der Waals surface area contributed by atoms with Gasteiger partial charge < -0.3 is 14.5 Å². The van der Waals surface area contributed by atoms with Crippen LogP contribution < -0.4 is 0 Å². The van der Waals surface area contributed by atoms with E-state index in [9.17, 15) is 9.90 Å². The van der Waals surface area contributed by atoms with E-state index >= 15 is 0 Å². The van der Waals surface area contributed by atoms with Gasteiger partial charge in [-0.3, -0.25) is 4.79 Å². The van der Waals surface area contributed by atoms with Crippen LogP contribution in [0.2, 0.25) is 0 Å². The second-order valence-corrected chi connectivity index (χ2v) is 12.6. The smallest absolute Gasteiger partial charge is 0.161 e. The standard InChI is InChI=1S/C29H28NO.C9H16O2.Ir/c1-17(2)12-20-10-11-22-23(15-20)26(18(3)4)16-30-28(22)25-14-19(5)13-24-21-8-6-7-9-27(21)31-29(24)25;1-6(2)8(10)5-9(11)7(3)4;/h6-11,13,15-18H,12H2,1-5H3;5-7,10H,1-4H3;/q-1;;/b;8-5-;. The Morgan fingerprint density at radius 2 is 1.60 bits per heavy atom. The van der Waals surface area contributed by atoms with Crippen LogP contribution in [-0.4, -0.2) is 15.9 Å². The fourth-order valence-electron chi connectivity index (χ4n) is 5.11. The van der Waals surface area contributed by atoms with Gasteiger partial charge in [0.1, 0.15) is 5.58 Å². The van der Waals surface area contributed by atoms with Crippen molar-refractivity contribution in [2.24, 2.45) is 17.8 Å². The van der Waals surface area contributed by atoms with E-state index in [1.165, 1.54) is 28.0 Å². The van der Waals surface area contributed by atoms with Crippen LogP contribution in [0.25, 0.3) is 44.0 Å². The molecule has 0 amide bonds. The number of aryl methyl sites for hydroxylation is 1. The van der Waals surface area contributed by atoms with Crippen LogP contribution in [0, 0.1) is 30.7 Å². The first-order valence-electron chi connectivity index (χ1n) is 15.1. The van der Waals surface area contributed by atoms with Gasteiger partial charge in [-0.15, -0.1) is 17.7 Å². The van der Waals surface area contributed by atoms with Crippen LogP contribution in [0.15, 0.2) is 71.0 Å². The fraction of sp³-hybridized carbons (Fsp3) is 0.368. The first kappa shape index (κ1) is 34.2. The summed E-state index contributed by atoms with van der Waals surface area (Å²) in [6.07, 6.45) is 4.44. The van der Waals surface area contributed by atoms with Gasteiger partial charge in [0.15, 0.2) is 5.78 Å². The first-order valence-corrected chi connectivity index (χ1v) is 15.1. The van der Waals surface area contributed by atoms with Gasteiger partial charge in [0.2, 0.25) is 0 Å². The van der Waals surface area contributed by atoms with E-state index in [4.69, 9.17) is 9.40 Å². The molecule has 0 aliphatic rings. The fourth-order valence-corrected chi connectivity index (χ4v) is 5.11. The van der Waals surface area contributed by atoms with Gasteiger partial charge >= 0.3 is 0 Å². The Labute approximate surface area is 270 Å². The minimum atomic E-state index is -0.0316. The molecule has 1 radical (unpaired) electrons. The Hall–Kier alpha value is -3.27. The molecule has 5 rings (SSSR count). The largest absolute Gasteiger partial charge is 0.512 e. The zero-order valence-electron chi connectivity index (χ0n) is 26.8. The van der Waals surface area contributed by atoms with Gasteiger partial charge in [0.05, 0.1) is 11.3 Å². The number of furan rings is 1. The van der Waals surface area contributed by atoms with E-state index in [1.54, 1.807) is 0 Å². The van der Waals surface area contributed by atoms with Crippen LogP contribution in [0.3, 0.4) is 0 Å². The topological polar surface area (TPSA) is 63.3 Å². The van der Waals surface area contributed by atoms with E-state index in [1.807, 2.05) is 46.0 Å². The van der Waals surface area contributed by atoms with Gasteiger partial charge in [0, 0.05) is 49.6 Å². The molecule has 4 nitrogen and oxygen atoms in total. The molecule has 2 aromatic heterocycles. The van der Waals surface area contributed by atoms with Crippen molar-refractivity contribution in [2.75, 3.05) is 0 Å². The maximum Gasteiger partial charge on any atom is 0.161 e. The maximum atomic E-state index is 11.0. The van der Waals surface area contributed by atoms with Gasteiger partial charge in [-0.1, -0.05) is 110 Å². The molecule has 0 bridgehead atoms. The molecule has 229 valence electrons. The molecule has 43 heavy (non-hydrogen) atoms. The molecule has 0 aliphatic heterocycles. The Kier molecular flexibility index (Phi) is 11.5. The number of nitrogens with zero attached hydrogens (tertiary/aromatic N) is 1. The van der Waals surface area contributed by atoms with Gasteiger partial charge in [-0.2, -0.15) is 0 Å². The minimum Gasteiger partial charge on any atom is -0.512 e. The predicted molar refractivity (Wildman–Crippen MR) is 176 cm³/mol. The summed E-state index contributed by atoms with van der Waals surface area (Å²) >= 11 is 0. The number of ketones is 1. The number of aliphatic hydroxyl groups is 1. The normalized spacial score (nSPS) is 12.0. The second-order valence-electron chi connectivity index (χ2n) is 12.6. The molecule has 1 N–H and O–H groups in total. The number of fused-ring (bicyclic) bond motifs is 4. The molecule has 0 atom stereocenters.